The van der Waals surface area contributed by atoms with Gasteiger partial charge in [0.25, 0.3) is 5.91 Å². The van der Waals surface area contributed by atoms with Gasteiger partial charge in [0.1, 0.15) is 5.82 Å². The lowest BCUT2D eigenvalue weighted by Gasteiger charge is -2.42. The molecule has 0 bridgehead atoms. The highest BCUT2D eigenvalue weighted by Gasteiger charge is 2.32. The van der Waals surface area contributed by atoms with Crippen LogP contribution in [0.2, 0.25) is 0 Å². The number of hydrogen-bond acceptors (Lipinski definition) is 5. The third-order valence-corrected chi connectivity index (χ3v) is 6.81. The number of hydrogen-bond donors (Lipinski definition) is 2. The van der Waals surface area contributed by atoms with E-state index in [0.717, 1.165) is 69.1 Å². The summed E-state index contributed by atoms with van der Waals surface area (Å²) in [6.07, 6.45) is 5.22. The second-order valence-electron chi connectivity index (χ2n) is 9.49. The number of piperidine rings is 2. The van der Waals surface area contributed by atoms with Crippen LogP contribution in [0.1, 0.15) is 79.9 Å². The van der Waals surface area contributed by atoms with E-state index in [4.69, 9.17) is 0 Å². The van der Waals surface area contributed by atoms with Crippen LogP contribution in [-0.2, 0) is 12.0 Å². The summed E-state index contributed by atoms with van der Waals surface area (Å²) in [5.74, 6) is 2.42. The molecule has 1 aromatic heterocycles. The number of carbonyl (C=O) groups excluding carboxylic acids is 1. The molecular formula is C24H35N5O2. The maximum atomic E-state index is 12.9. The Kier molecular flexibility index (Phi) is 6.44. The lowest BCUT2D eigenvalue weighted by molar-refractivity contribution is 0.0567. The van der Waals surface area contributed by atoms with Gasteiger partial charge < -0.3 is 10.0 Å². The normalized spacial score (nSPS) is 21.4. The van der Waals surface area contributed by atoms with Gasteiger partial charge in [-0.05, 0) is 63.8 Å². The van der Waals surface area contributed by atoms with Crippen LogP contribution in [0.5, 0.6) is 0 Å². The Morgan fingerprint density at radius 3 is 2.48 bits per heavy atom. The number of nitrogens with zero attached hydrogens (tertiary/aromatic N) is 4. The minimum atomic E-state index is -0.893. The summed E-state index contributed by atoms with van der Waals surface area (Å²) in [7, 11) is 0. The third kappa shape index (κ3) is 4.99. The molecule has 1 atom stereocenters. The van der Waals surface area contributed by atoms with E-state index in [9.17, 15) is 9.90 Å². The van der Waals surface area contributed by atoms with Gasteiger partial charge in [0.2, 0.25) is 0 Å². The van der Waals surface area contributed by atoms with Crippen LogP contribution in [0.3, 0.4) is 0 Å². The van der Waals surface area contributed by atoms with Crippen molar-refractivity contribution >= 4 is 5.91 Å². The van der Waals surface area contributed by atoms with Gasteiger partial charge in [-0.1, -0.05) is 19.1 Å². The molecule has 1 amide bonds. The highest BCUT2D eigenvalue weighted by Crippen LogP contribution is 2.29. The van der Waals surface area contributed by atoms with Crippen LogP contribution < -0.4 is 0 Å². The van der Waals surface area contributed by atoms with Crippen LogP contribution in [0.25, 0.3) is 0 Å². The van der Waals surface area contributed by atoms with E-state index in [1.54, 1.807) is 13.8 Å². The van der Waals surface area contributed by atoms with Gasteiger partial charge in [0.05, 0.1) is 5.60 Å². The fourth-order valence-corrected chi connectivity index (χ4v) is 4.84. The number of aromatic nitrogens is 3. The lowest BCUT2D eigenvalue weighted by Crippen LogP contribution is -2.49. The molecule has 2 N–H and O–H groups in total. The van der Waals surface area contributed by atoms with Crippen molar-refractivity contribution in [3.8, 4) is 0 Å². The largest absolute Gasteiger partial charge is 0.386 e. The van der Waals surface area contributed by atoms with Gasteiger partial charge in [-0.15, -0.1) is 0 Å². The molecule has 1 unspecified atom stereocenters. The average molecular weight is 426 g/mol. The second-order valence-corrected chi connectivity index (χ2v) is 9.49. The van der Waals surface area contributed by atoms with Gasteiger partial charge in [-0.3, -0.25) is 14.8 Å². The molecule has 2 aromatic rings. The summed E-state index contributed by atoms with van der Waals surface area (Å²) in [6.45, 7) is 9.32. The van der Waals surface area contributed by atoms with E-state index < -0.39 is 5.60 Å². The number of amides is 1. The summed E-state index contributed by atoms with van der Waals surface area (Å²) in [6, 6.07) is 7.88. The zero-order chi connectivity index (χ0) is 22.0. The number of rotatable bonds is 5. The Bertz CT molecular complexity index is 878. The number of aromatic amines is 1. The number of likely N-dealkylation sites (tertiary alicyclic amines) is 2. The first-order chi connectivity index (χ1) is 14.8. The van der Waals surface area contributed by atoms with Gasteiger partial charge in [-0.2, -0.15) is 5.10 Å². The fourth-order valence-electron chi connectivity index (χ4n) is 4.84. The van der Waals surface area contributed by atoms with Gasteiger partial charge >= 0.3 is 0 Å². The molecule has 1 aromatic carbocycles. The Hall–Kier alpha value is -2.25. The minimum Gasteiger partial charge on any atom is -0.386 e. The molecule has 2 saturated heterocycles. The van der Waals surface area contributed by atoms with Crippen molar-refractivity contribution in [1.29, 1.82) is 0 Å². The van der Waals surface area contributed by atoms with Crippen LogP contribution in [-0.4, -0.2) is 68.2 Å². The number of H-pyrrole nitrogens is 1. The summed E-state index contributed by atoms with van der Waals surface area (Å²) < 4.78 is 0. The minimum absolute atomic E-state index is 0.0880. The van der Waals surface area contributed by atoms with Crippen molar-refractivity contribution in [2.45, 2.75) is 70.4 Å². The predicted molar refractivity (Wildman–Crippen MR) is 120 cm³/mol. The van der Waals surface area contributed by atoms with Crippen LogP contribution in [0.4, 0.5) is 0 Å². The molecule has 0 radical (unpaired) electrons. The van der Waals surface area contributed by atoms with Crippen molar-refractivity contribution in [2.75, 3.05) is 26.2 Å². The van der Waals surface area contributed by atoms with Gasteiger partial charge in [0, 0.05) is 43.6 Å². The number of aliphatic hydroxyl groups is 1. The van der Waals surface area contributed by atoms with E-state index in [-0.39, 0.29) is 5.91 Å². The molecule has 0 saturated carbocycles. The van der Waals surface area contributed by atoms with Crippen molar-refractivity contribution in [2.24, 2.45) is 0 Å². The second kappa shape index (κ2) is 9.09. The summed E-state index contributed by atoms with van der Waals surface area (Å²) in [4.78, 5) is 22.2. The predicted octanol–water partition coefficient (Wildman–Crippen LogP) is 3.08. The summed E-state index contributed by atoms with van der Waals surface area (Å²) in [5, 5.41) is 17.6. The molecule has 4 rings (SSSR count). The summed E-state index contributed by atoms with van der Waals surface area (Å²) in [5.41, 5.74) is 0.621. The zero-order valence-corrected chi connectivity index (χ0v) is 19.0. The third-order valence-electron chi connectivity index (χ3n) is 6.81. The molecule has 0 spiro atoms. The molecule has 31 heavy (non-hydrogen) atoms. The Morgan fingerprint density at radius 1 is 1.16 bits per heavy atom. The lowest BCUT2D eigenvalue weighted by atomic mass is 9.93. The first-order valence-corrected chi connectivity index (χ1v) is 11.6. The van der Waals surface area contributed by atoms with E-state index in [0.29, 0.717) is 17.5 Å². The molecule has 2 aliphatic rings. The average Bonchev–Trinajstić information content (AvgIpc) is 3.28. The first kappa shape index (κ1) is 22.0. The van der Waals surface area contributed by atoms with Gasteiger partial charge in [-0.25, -0.2) is 4.98 Å². The highest BCUT2D eigenvalue weighted by atomic mass is 16.3. The standard InChI is InChI=1S/C24H35N5O2/c1-4-21-25-22(27-26-21)18-6-5-13-29(16-18)20-11-14-28(15-12-20)23(30)17-7-9-19(10-8-17)24(2,3)31/h7-10,18,20,31H,4-6,11-16H2,1-3H3,(H,25,26,27). The smallest absolute Gasteiger partial charge is 0.253 e. The first-order valence-electron chi connectivity index (χ1n) is 11.6. The van der Waals surface area contributed by atoms with E-state index in [2.05, 4.69) is 27.0 Å². The SMILES string of the molecule is CCc1nc(C2CCCN(C3CCN(C(=O)c4ccc(C(C)(C)O)cc4)CC3)C2)n[nH]1. The molecule has 7 heteroatoms. The maximum absolute atomic E-state index is 12.9. The van der Waals surface area contributed by atoms with E-state index >= 15 is 0 Å². The Balaban J connectivity index is 1.32. The molecule has 7 nitrogen and oxygen atoms in total. The number of carbonyl (C=O) groups is 1. The van der Waals surface area contributed by atoms with Crippen LogP contribution in [0.15, 0.2) is 24.3 Å². The molecule has 0 aliphatic carbocycles. The van der Waals surface area contributed by atoms with Crippen molar-refractivity contribution in [3.63, 3.8) is 0 Å². The fraction of sp³-hybridized carbons (Fsp3) is 0.625. The number of aryl methyl sites for hydroxylation is 1. The van der Waals surface area contributed by atoms with Crippen molar-refractivity contribution in [1.82, 2.24) is 25.0 Å². The van der Waals surface area contributed by atoms with Crippen molar-refractivity contribution in [3.05, 3.63) is 47.0 Å². The number of benzene rings is 1. The number of nitrogens with one attached hydrogen (secondary N) is 1. The summed E-state index contributed by atoms with van der Waals surface area (Å²) >= 11 is 0. The quantitative estimate of drug-likeness (QED) is 0.769. The Labute approximate surface area is 184 Å². The molecule has 168 valence electrons. The maximum Gasteiger partial charge on any atom is 0.253 e. The Morgan fingerprint density at radius 2 is 1.87 bits per heavy atom. The highest BCUT2D eigenvalue weighted by molar-refractivity contribution is 5.94. The molecule has 2 fully saturated rings. The van der Waals surface area contributed by atoms with Gasteiger partial charge in [0.15, 0.2) is 5.82 Å². The van der Waals surface area contributed by atoms with E-state index in [1.165, 1.54) is 6.42 Å². The molecule has 2 aliphatic heterocycles. The molecular weight excluding hydrogens is 390 g/mol. The molecule has 3 heterocycles. The monoisotopic (exact) mass is 425 g/mol. The topological polar surface area (TPSA) is 85.3 Å². The van der Waals surface area contributed by atoms with E-state index in [1.807, 2.05) is 29.2 Å². The van der Waals surface area contributed by atoms with Crippen molar-refractivity contribution < 1.29 is 9.90 Å². The van der Waals surface area contributed by atoms with Crippen LogP contribution >= 0.6 is 0 Å². The van der Waals surface area contributed by atoms with Crippen LogP contribution in [0, 0.1) is 0 Å². The zero-order valence-electron chi connectivity index (χ0n) is 19.0.